The van der Waals surface area contributed by atoms with Crippen LogP contribution in [-0.2, 0) is 10.0 Å². The van der Waals surface area contributed by atoms with Crippen molar-refractivity contribution in [2.24, 2.45) is 0 Å². The van der Waals surface area contributed by atoms with Crippen molar-refractivity contribution in [3.63, 3.8) is 0 Å². The first-order valence-corrected chi connectivity index (χ1v) is 10.5. The van der Waals surface area contributed by atoms with E-state index in [4.69, 9.17) is 16.0 Å². The van der Waals surface area contributed by atoms with Crippen molar-refractivity contribution in [1.82, 2.24) is 5.32 Å². The first-order chi connectivity index (χ1) is 12.0. The molecule has 0 bridgehead atoms. The minimum absolute atomic E-state index is 0.188. The molecule has 2 aromatic heterocycles. The van der Waals surface area contributed by atoms with Gasteiger partial charge in [-0.25, -0.2) is 8.42 Å². The maximum Gasteiger partial charge on any atom is 0.271 e. The fourth-order valence-electron chi connectivity index (χ4n) is 2.91. The molecule has 0 atom stereocenters. The van der Waals surface area contributed by atoms with E-state index >= 15 is 0 Å². The van der Waals surface area contributed by atoms with Crippen LogP contribution in [0.1, 0.15) is 0 Å². The van der Waals surface area contributed by atoms with Gasteiger partial charge in [-0.05, 0) is 30.3 Å². The molecule has 1 aliphatic heterocycles. The first kappa shape index (κ1) is 16.7. The summed E-state index contributed by atoms with van der Waals surface area (Å²) in [6.45, 7) is 3.44. The average molecular weight is 398 g/mol. The molecule has 0 unspecified atom stereocenters. The Morgan fingerprint density at radius 2 is 2.00 bits per heavy atom. The van der Waals surface area contributed by atoms with Crippen molar-refractivity contribution in [3.8, 4) is 0 Å². The number of halogens is 1. The van der Waals surface area contributed by atoms with E-state index in [-0.39, 0.29) is 4.21 Å². The molecule has 25 heavy (non-hydrogen) atoms. The van der Waals surface area contributed by atoms with E-state index in [2.05, 4.69) is 14.9 Å². The fraction of sp³-hybridized carbons (Fsp3) is 0.250. The number of nitrogens with one attached hydrogen (secondary N) is 2. The SMILES string of the molecule is O=S(=O)(Nc1cc(N2CCNCC2)c2occc2c1)c1ccc(Cl)s1. The Labute approximate surface area is 154 Å². The average Bonchev–Trinajstić information content (AvgIpc) is 3.23. The molecule has 2 N–H and O–H groups in total. The minimum Gasteiger partial charge on any atom is -0.462 e. The van der Waals surface area contributed by atoms with Crippen molar-refractivity contribution in [3.05, 3.63) is 40.9 Å². The lowest BCUT2D eigenvalue weighted by Crippen LogP contribution is -2.43. The second kappa shape index (κ2) is 6.53. The third-order valence-electron chi connectivity index (χ3n) is 4.05. The van der Waals surface area contributed by atoms with Crippen LogP contribution in [-0.4, -0.2) is 34.6 Å². The highest BCUT2D eigenvalue weighted by Gasteiger charge is 2.20. The Morgan fingerprint density at radius 1 is 1.20 bits per heavy atom. The zero-order chi connectivity index (χ0) is 17.4. The number of anilines is 2. The quantitative estimate of drug-likeness (QED) is 0.706. The normalized spacial score (nSPS) is 15.6. The van der Waals surface area contributed by atoms with E-state index in [0.717, 1.165) is 54.2 Å². The van der Waals surface area contributed by atoms with Gasteiger partial charge >= 0.3 is 0 Å². The van der Waals surface area contributed by atoms with E-state index < -0.39 is 10.0 Å². The minimum atomic E-state index is -3.67. The maximum atomic E-state index is 12.6. The lowest BCUT2D eigenvalue weighted by atomic mass is 10.2. The molecular formula is C16H16ClN3O3S2. The topological polar surface area (TPSA) is 74.6 Å². The lowest BCUT2D eigenvalue weighted by molar-refractivity contribution is 0.579. The molecule has 132 valence electrons. The second-order valence-corrected chi connectivity index (χ2v) is 9.36. The Kier molecular flexibility index (Phi) is 4.36. The summed E-state index contributed by atoms with van der Waals surface area (Å²) in [4.78, 5) is 2.20. The molecule has 1 fully saturated rings. The molecule has 1 aromatic carbocycles. The second-order valence-electron chi connectivity index (χ2n) is 5.74. The number of benzene rings is 1. The van der Waals surface area contributed by atoms with E-state index in [9.17, 15) is 8.42 Å². The summed E-state index contributed by atoms with van der Waals surface area (Å²) in [6.07, 6.45) is 1.62. The Hall–Kier alpha value is -1.74. The van der Waals surface area contributed by atoms with Crippen LogP contribution in [0.5, 0.6) is 0 Å². The van der Waals surface area contributed by atoms with Gasteiger partial charge in [0.2, 0.25) is 0 Å². The summed E-state index contributed by atoms with van der Waals surface area (Å²) in [5.41, 5.74) is 2.17. The molecular weight excluding hydrogens is 382 g/mol. The maximum absolute atomic E-state index is 12.6. The first-order valence-electron chi connectivity index (χ1n) is 7.78. The fourth-order valence-corrected chi connectivity index (χ4v) is 5.43. The highest BCUT2D eigenvalue weighted by Crippen LogP contribution is 2.34. The van der Waals surface area contributed by atoms with Crippen LogP contribution in [0.15, 0.2) is 45.2 Å². The zero-order valence-electron chi connectivity index (χ0n) is 13.2. The third-order valence-corrected chi connectivity index (χ3v) is 7.16. The number of nitrogens with zero attached hydrogens (tertiary/aromatic N) is 1. The van der Waals surface area contributed by atoms with Gasteiger partial charge in [-0.2, -0.15) is 0 Å². The van der Waals surface area contributed by atoms with Crippen molar-refractivity contribution in [2.75, 3.05) is 35.8 Å². The molecule has 3 aromatic rings. The number of rotatable bonds is 4. The van der Waals surface area contributed by atoms with Gasteiger partial charge in [0.1, 0.15) is 4.21 Å². The van der Waals surface area contributed by atoms with E-state index in [1.54, 1.807) is 18.4 Å². The number of hydrogen-bond donors (Lipinski definition) is 2. The highest BCUT2D eigenvalue weighted by molar-refractivity contribution is 7.94. The summed E-state index contributed by atoms with van der Waals surface area (Å²) in [6, 6.07) is 8.51. The van der Waals surface area contributed by atoms with Gasteiger partial charge in [0.05, 0.1) is 22.0 Å². The molecule has 6 nitrogen and oxygen atoms in total. The van der Waals surface area contributed by atoms with Crippen LogP contribution >= 0.6 is 22.9 Å². The summed E-state index contributed by atoms with van der Waals surface area (Å²) in [7, 11) is -3.67. The summed E-state index contributed by atoms with van der Waals surface area (Å²) in [5, 5.41) is 4.17. The number of sulfonamides is 1. The molecule has 4 rings (SSSR count). The van der Waals surface area contributed by atoms with Gasteiger partial charge in [-0.3, -0.25) is 4.72 Å². The van der Waals surface area contributed by atoms with E-state index in [1.165, 1.54) is 6.07 Å². The van der Waals surface area contributed by atoms with Gasteiger partial charge in [-0.1, -0.05) is 11.6 Å². The van der Waals surface area contributed by atoms with Crippen LogP contribution in [0.25, 0.3) is 11.0 Å². The largest absolute Gasteiger partial charge is 0.462 e. The summed E-state index contributed by atoms with van der Waals surface area (Å²) in [5.74, 6) is 0. The van der Waals surface area contributed by atoms with Crippen molar-refractivity contribution >= 4 is 55.3 Å². The monoisotopic (exact) mass is 397 g/mol. The summed E-state index contributed by atoms with van der Waals surface area (Å²) < 4.78 is 34.0. The van der Waals surface area contributed by atoms with E-state index in [0.29, 0.717) is 10.0 Å². The molecule has 0 saturated carbocycles. The van der Waals surface area contributed by atoms with Gasteiger partial charge in [0.15, 0.2) is 5.58 Å². The molecule has 1 saturated heterocycles. The van der Waals surface area contributed by atoms with Gasteiger partial charge in [0.25, 0.3) is 10.0 Å². The highest BCUT2D eigenvalue weighted by atomic mass is 35.5. The molecule has 0 amide bonds. The molecule has 0 spiro atoms. The number of piperazine rings is 1. The smallest absolute Gasteiger partial charge is 0.271 e. The molecule has 9 heteroatoms. The number of furan rings is 1. The predicted octanol–water partition coefficient (Wildman–Crippen LogP) is 3.36. The van der Waals surface area contributed by atoms with Gasteiger partial charge in [-0.15, -0.1) is 11.3 Å². The summed E-state index contributed by atoms with van der Waals surface area (Å²) >= 11 is 6.89. The lowest BCUT2D eigenvalue weighted by Gasteiger charge is -2.29. The van der Waals surface area contributed by atoms with Gasteiger partial charge < -0.3 is 14.6 Å². The van der Waals surface area contributed by atoms with E-state index in [1.807, 2.05) is 12.1 Å². The third kappa shape index (κ3) is 3.35. The van der Waals surface area contributed by atoms with Crippen molar-refractivity contribution in [1.29, 1.82) is 0 Å². The van der Waals surface area contributed by atoms with Crippen LogP contribution in [0.4, 0.5) is 11.4 Å². The zero-order valence-corrected chi connectivity index (χ0v) is 15.5. The van der Waals surface area contributed by atoms with Crippen LogP contribution in [0.3, 0.4) is 0 Å². The standard InChI is InChI=1S/C16H16ClN3O3S2/c17-14-1-2-15(24-14)25(21,22)19-12-9-11-3-8-23-16(11)13(10-12)20-6-4-18-5-7-20/h1-3,8-10,18-19H,4-7H2. The Bertz CT molecular complexity index is 1010. The number of fused-ring (bicyclic) bond motifs is 1. The van der Waals surface area contributed by atoms with Crippen molar-refractivity contribution < 1.29 is 12.8 Å². The van der Waals surface area contributed by atoms with Crippen LogP contribution < -0.4 is 14.9 Å². The molecule has 0 aliphatic carbocycles. The number of thiophene rings is 1. The number of hydrogen-bond acceptors (Lipinski definition) is 6. The Morgan fingerprint density at radius 3 is 2.72 bits per heavy atom. The molecule has 3 heterocycles. The van der Waals surface area contributed by atoms with Crippen LogP contribution in [0, 0.1) is 0 Å². The van der Waals surface area contributed by atoms with Gasteiger partial charge in [0, 0.05) is 31.6 Å². The predicted molar refractivity (Wildman–Crippen MR) is 101 cm³/mol. The van der Waals surface area contributed by atoms with Crippen molar-refractivity contribution in [2.45, 2.75) is 4.21 Å². The molecule has 1 aliphatic rings. The molecule has 0 radical (unpaired) electrons. The van der Waals surface area contributed by atoms with Crippen LogP contribution in [0.2, 0.25) is 4.34 Å². The Balaban J connectivity index is 1.72.